The summed E-state index contributed by atoms with van der Waals surface area (Å²) in [6.07, 6.45) is 3.61. The number of nitrogens with one attached hydrogen (secondary N) is 1. The molecule has 0 aliphatic carbocycles. The normalized spacial score (nSPS) is 18.2. The molecule has 8 heteroatoms. The molecule has 1 aliphatic heterocycles. The first-order valence-electron chi connectivity index (χ1n) is 13.0. The molecular formula is C30H36N4O4. The van der Waals surface area contributed by atoms with Gasteiger partial charge in [0.05, 0.1) is 24.6 Å². The Kier molecular flexibility index (Phi) is 9.10. The number of carbonyl (C=O) groups excluding carboxylic acids is 2. The molecule has 0 saturated carbocycles. The third kappa shape index (κ3) is 6.96. The summed E-state index contributed by atoms with van der Waals surface area (Å²) < 4.78 is 6.47. The third-order valence-corrected chi connectivity index (χ3v) is 6.85. The van der Waals surface area contributed by atoms with Gasteiger partial charge >= 0.3 is 0 Å². The molecule has 200 valence electrons. The van der Waals surface area contributed by atoms with Crippen LogP contribution in [-0.2, 0) is 17.8 Å². The summed E-state index contributed by atoms with van der Waals surface area (Å²) in [4.78, 5) is 34.3. The van der Waals surface area contributed by atoms with Gasteiger partial charge in [-0.3, -0.25) is 19.5 Å². The van der Waals surface area contributed by atoms with E-state index in [-0.39, 0.29) is 42.9 Å². The highest BCUT2D eigenvalue weighted by atomic mass is 16.5. The molecule has 3 aromatic rings. The molecular weight excluding hydrogens is 480 g/mol. The Morgan fingerprint density at radius 3 is 2.61 bits per heavy atom. The molecule has 1 aliphatic rings. The predicted molar refractivity (Wildman–Crippen MR) is 147 cm³/mol. The predicted octanol–water partition coefficient (Wildman–Crippen LogP) is 3.61. The third-order valence-electron chi connectivity index (χ3n) is 6.85. The summed E-state index contributed by atoms with van der Waals surface area (Å²) >= 11 is 0. The van der Waals surface area contributed by atoms with E-state index in [0.717, 1.165) is 17.7 Å². The van der Waals surface area contributed by atoms with Crippen molar-refractivity contribution in [2.24, 2.45) is 5.92 Å². The van der Waals surface area contributed by atoms with Gasteiger partial charge in [-0.2, -0.15) is 0 Å². The number of fused-ring (bicyclic) bond motifs is 1. The van der Waals surface area contributed by atoms with E-state index in [1.54, 1.807) is 35.5 Å². The van der Waals surface area contributed by atoms with E-state index in [1.807, 2.05) is 56.4 Å². The maximum Gasteiger partial charge on any atom is 0.258 e. The molecule has 8 nitrogen and oxygen atoms in total. The second-order valence-electron chi connectivity index (χ2n) is 10.1. The summed E-state index contributed by atoms with van der Waals surface area (Å²) in [5.74, 6) is 0.0997. The molecule has 0 radical (unpaired) electrons. The number of benzene rings is 2. The fourth-order valence-corrected chi connectivity index (χ4v) is 4.68. The van der Waals surface area contributed by atoms with Crippen molar-refractivity contribution in [3.8, 4) is 5.75 Å². The van der Waals surface area contributed by atoms with Crippen molar-refractivity contribution in [1.29, 1.82) is 0 Å². The van der Waals surface area contributed by atoms with Crippen molar-refractivity contribution in [1.82, 2.24) is 14.8 Å². The highest BCUT2D eigenvalue weighted by molar-refractivity contribution is 6.00. The number of aliphatic hydroxyl groups is 1. The maximum atomic E-state index is 13.6. The number of aliphatic hydroxyl groups excluding tert-OH is 1. The van der Waals surface area contributed by atoms with Crippen LogP contribution in [0.25, 0.3) is 0 Å². The van der Waals surface area contributed by atoms with E-state index in [9.17, 15) is 14.7 Å². The van der Waals surface area contributed by atoms with Gasteiger partial charge in [-0.1, -0.05) is 37.3 Å². The van der Waals surface area contributed by atoms with Gasteiger partial charge < -0.3 is 20.1 Å². The van der Waals surface area contributed by atoms with Gasteiger partial charge in [-0.25, -0.2) is 0 Å². The SMILES string of the molecule is C[C@@H]1CN([C@H](C)CO)C(=O)c2cc(NC(=O)Cc3ccccc3)ccc2O[C@H]1CN(C)Cc1ccncc1. The average molecular weight is 517 g/mol. The van der Waals surface area contributed by atoms with Crippen LogP contribution in [-0.4, -0.2) is 70.6 Å². The van der Waals surface area contributed by atoms with Crippen molar-refractivity contribution >= 4 is 17.5 Å². The van der Waals surface area contributed by atoms with Gasteiger partial charge in [0, 0.05) is 43.6 Å². The molecule has 2 heterocycles. The molecule has 3 atom stereocenters. The summed E-state index contributed by atoms with van der Waals surface area (Å²) in [6, 6.07) is 18.3. The van der Waals surface area contributed by atoms with Crippen molar-refractivity contribution in [2.75, 3.05) is 32.1 Å². The van der Waals surface area contributed by atoms with Crippen molar-refractivity contribution in [3.63, 3.8) is 0 Å². The first-order valence-corrected chi connectivity index (χ1v) is 13.0. The Morgan fingerprint density at radius 1 is 1.16 bits per heavy atom. The number of aromatic nitrogens is 1. The van der Waals surface area contributed by atoms with Gasteiger partial charge in [0.1, 0.15) is 11.9 Å². The van der Waals surface area contributed by atoms with E-state index in [2.05, 4.69) is 22.1 Å². The monoisotopic (exact) mass is 516 g/mol. The average Bonchev–Trinajstić information content (AvgIpc) is 2.91. The number of amides is 2. The van der Waals surface area contributed by atoms with Gasteiger partial charge in [0.2, 0.25) is 5.91 Å². The Labute approximate surface area is 224 Å². The van der Waals surface area contributed by atoms with E-state index in [4.69, 9.17) is 4.74 Å². The second kappa shape index (κ2) is 12.7. The molecule has 2 N–H and O–H groups in total. The second-order valence-corrected chi connectivity index (χ2v) is 10.1. The lowest BCUT2D eigenvalue weighted by molar-refractivity contribution is -0.115. The summed E-state index contributed by atoms with van der Waals surface area (Å²) in [5.41, 5.74) is 2.96. The molecule has 4 rings (SSSR count). The van der Waals surface area contributed by atoms with Crippen LogP contribution in [0.4, 0.5) is 5.69 Å². The molecule has 0 bridgehead atoms. The Bertz CT molecular complexity index is 1220. The number of rotatable bonds is 9. The molecule has 2 aromatic carbocycles. The number of hydrogen-bond acceptors (Lipinski definition) is 6. The van der Waals surface area contributed by atoms with E-state index < -0.39 is 0 Å². The first kappa shape index (κ1) is 27.3. The van der Waals surface area contributed by atoms with Crippen LogP contribution >= 0.6 is 0 Å². The number of hydrogen-bond donors (Lipinski definition) is 2. The number of ether oxygens (including phenoxy) is 1. The zero-order chi connectivity index (χ0) is 27.1. The minimum atomic E-state index is -0.359. The van der Waals surface area contributed by atoms with Crippen LogP contribution in [0.2, 0.25) is 0 Å². The summed E-state index contributed by atoms with van der Waals surface area (Å²) in [5, 5.41) is 12.8. The van der Waals surface area contributed by atoms with Crippen LogP contribution in [0.3, 0.4) is 0 Å². The van der Waals surface area contributed by atoms with E-state index >= 15 is 0 Å². The highest BCUT2D eigenvalue weighted by Crippen LogP contribution is 2.31. The Morgan fingerprint density at radius 2 is 1.89 bits per heavy atom. The number of carbonyl (C=O) groups is 2. The minimum Gasteiger partial charge on any atom is -0.488 e. The topological polar surface area (TPSA) is 95.0 Å². The summed E-state index contributed by atoms with van der Waals surface area (Å²) in [7, 11) is 2.04. The number of likely N-dealkylation sites (N-methyl/N-ethyl adjacent to an activating group) is 1. The van der Waals surface area contributed by atoms with Crippen LogP contribution < -0.4 is 10.1 Å². The molecule has 1 aromatic heterocycles. The lowest BCUT2D eigenvalue weighted by Gasteiger charge is -2.38. The molecule has 0 saturated heterocycles. The number of anilines is 1. The number of nitrogens with zero attached hydrogens (tertiary/aromatic N) is 3. The van der Waals surface area contributed by atoms with Crippen LogP contribution in [0.1, 0.15) is 35.3 Å². The van der Waals surface area contributed by atoms with Gasteiger partial charge in [-0.15, -0.1) is 0 Å². The molecule has 38 heavy (non-hydrogen) atoms. The zero-order valence-electron chi connectivity index (χ0n) is 22.2. The van der Waals surface area contributed by atoms with Crippen LogP contribution in [0, 0.1) is 5.92 Å². The minimum absolute atomic E-state index is 0.0197. The number of pyridine rings is 1. The van der Waals surface area contributed by atoms with Crippen molar-refractivity contribution < 1.29 is 19.4 Å². The smallest absolute Gasteiger partial charge is 0.258 e. The first-order chi connectivity index (χ1) is 18.3. The lowest BCUT2D eigenvalue weighted by Crippen LogP contribution is -2.49. The van der Waals surface area contributed by atoms with E-state index in [0.29, 0.717) is 30.1 Å². The Balaban J connectivity index is 1.56. The highest BCUT2D eigenvalue weighted by Gasteiger charge is 2.33. The lowest BCUT2D eigenvalue weighted by atomic mass is 9.99. The zero-order valence-corrected chi connectivity index (χ0v) is 22.2. The molecule has 0 spiro atoms. The molecule has 2 amide bonds. The fraction of sp³-hybridized carbons (Fsp3) is 0.367. The quantitative estimate of drug-likeness (QED) is 0.451. The van der Waals surface area contributed by atoms with Gasteiger partial charge in [-0.05, 0) is 55.4 Å². The van der Waals surface area contributed by atoms with Gasteiger partial charge in [0.15, 0.2) is 0 Å². The maximum absolute atomic E-state index is 13.6. The van der Waals surface area contributed by atoms with Crippen LogP contribution in [0.15, 0.2) is 73.1 Å². The van der Waals surface area contributed by atoms with E-state index in [1.165, 1.54) is 0 Å². The Hall–Kier alpha value is -3.75. The van der Waals surface area contributed by atoms with Crippen molar-refractivity contribution in [3.05, 3.63) is 89.7 Å². The summed E-state index contributed by atoms with van der Waals surface area (Å²) in [6.45, 7) is 5.59. The molecule has 0 fully saturated rings. The molecule has 0 unspecified atom stereocenters. The van der Waals surface area contributed by atoms with Gasteiger partial charge in [0.25, 0.3) is 5.91 Å². The van der Waals surface area contributed by atoms with Crippen molar-refractivity contribution in [2.45, 2.75) is 39.0 Å². The largest absolute Gasteiger partial charge is 0.488 e. The standard InChI is InChI=1S/C30H36N4O4/c1-21-17-34(22(2)20-35)30(37)26-16-25(32-29(36)15-23-7-5-4-6-8-23)9-10-27(26)38-28(21)19-33(3)18-24-11-13-31-14-12-24/h4-14,16,21-22,28,35H,15,17-20H2,1-3H3,(H,32,36)/t21-,22-,28+/m1/s1. The van der Waals surface area contributed by atoms with Crippen LogP contribution in [0.5, 0.6) is 5.75 Å². The fourth-order valence-electron chi connectivity index (χ4n) is 4.68.